The molecule has 1 rings (SSSR count). The van der Waals surface area contributed by atoms with E-state index in [1.54, 1.807) is 13.8 Å². The first-order valence-corrected chi connectivity index (χ1v) is 4.89. The van der Waals surface area contributed by atoms with Crippen LogP contribution in [0.1, 0.15) is 24.2 Å². The summed E-state index contributed by atoms with van der Waals surface area (Å²) in [6.07, 6.45) is 0. The van der Waals surface area contributed by atoms with Gasteiger partial charge in [-0.05, 0) is 26.0 Å². The minimum absolute atomic E-state index is 0.0317. The van der Waals surface area contributed by atoms with Crippen LogP contribution in [-0.4, -0.2) is 28.2 Å². The molecule has 5 nitrogen and oxygen atoms in total. The van der Waals surface area contributed by atoms with E-state index < -0.39 is 17.2 Å². The normalized spacial score (nSPS) is 11.2. The van der Waals surface area contributed by atoms with Crippen LogP contribution < -0.4 is 11.1 Å². The monoisotopic (exact) mass is 224 g/mol. The molecule has 0 aliphatic carbocycles. The van der Waals surface area contributed by atoms with Gasteiger partial charge >= 0.3 is 0 Å². The Hall–Kier alpha value is -1.75. The molecule has 0 radical (unpaired) electrons. The lowest BCUT2D eigenvalue weighted by Crippen LogP contribution is -2.45. The maximum absolute atomic E-state index is 11.6. The van der Waals surface area contributed by atoms with Gasteiger partial charge in [-0.1, -0.05) is 6.07 Å². The molecule has 0 fully saturated rings. The SMILES string of the molecule is CC(C)(N)CNC(=O)c1cccc(O)c1O. The first-order chi connectivity index (χ1) is 7.31. The van der Waals surface area contributed by atoms with E-state index in [1.165, 1.54) is 18.2 Å². The van der Waals surface area contributed by atoms with Crippen molar-refractivity contribution < 1.29 is 15.0 Å². The zero-order valence-electron chi connectivity index (χ0n) is 9.32. The van der Waals surface area contributed by atoms with Gasteiger partial charge in [0.25, 0.3) is 5.91 Å². The molecule has 16 heavy (non-hydrogen) atoms. The molecule has 5 N–H and O–H groups in total. The molecule has 0 unspecified atom stereocenters. The number of para-hydroxylation sites is 1. The van der Waals surface area contributed by atoms with Crippen LogP contribution in [0.15, 0.2) is 18.2 Å². The van der Waals surface area contributed by atoms with Crippen molar-refractivity contribution in [2.45, 2.75) is 19.4 Å². The summed E-state index contributed by atoms with van der Waals surface area (Å²) < 4.78 is 0. The summed E-state index contributed by atoms with van der Waals surface area (Å²) >= 11 is 0. The third-order valence-electron chi connectivity index (χ3n) is 1.96. The molecule has 0 saturated heterocycles. The molecular formula is C11H16N2O3. The Labute approximate surface area is 93.9 Å². The maximum atomic E-state index is 11.6. The Morgan fingerprint density at radius 3 is 2.62 bits per heavy atom. The van der Waals surface area contributed by atoms with Crippen molar-refractivity contribution in [3.63, 3.8) is 0 Å². The Bertz CT molecular complexity index is 397. The molecule has 0 aliphatic rings. The number of nitrogens with one attached hydrogen (secondary N) is 1. The van der Waals surface area contributed by atoms with E-state index in [4.69, 9.17) is 5.73 Å². The first kappa shape index (κ1) is 12.3. The Morgan fingerprint density at radius 2 is 2.06 bits per heavy atom. The van der Waals surface area contributed by atoms with E-state index >= 15 is 0 Å². The lowest BCUT2D eigenvalue weighted by molar-refractivity contribution is 0.0942. The van der Waals surface area contributed by atoms with Crippen molar-refractivity contribution in [1.82, 2.24) is 5.32 Å². The van der Waals surface area contributed by atoms with Crippen LogP contribution in [0.5, 0.6) is 11.5 Å². The van der Waals surface area contributed by atoms with Crippen LogP contribution in [0.3, 0.4) is 0 Å². The van der Waals surface area contributed by atoms with Crippen LogP contribution in [0.2, 0.25) is 0 Å². The van der Waals surface area contributed by atoms with Gasteiger partial charge in [-0.3, -0.25) is 4.79 Å². The van der Waals surface area contributed by atoms with Crippen molar-refractivity contribution in [3.05, 3.63) is 23.8 Å². The average molecular weight is 224 g/mol. The van der Waals surface area contributed by atoms with Crippen molar-refractivity contribution >= 4 is 5.91 Å². The van der Waals surface area contributed by atoms with Gasteiger partial charge in [-0.25, -0.2) is 0 Å². The topological polar surface area (TPSA) is 95.6 Å². The number of hydrogen-bond donors (Lipinski definition) is 4. The fourth-order valence-corrected chi connectivity index (χ4v) is 1.12. The number of carbonyl (C=O) groups excluding carboxylic acids is 1. The number of phenolic OH excluding ortho intramolecular Hbond substituents is 2. The summed E-state index contributed by atoms with van der Waals surface area (Å²) in [5, 5.41) is 21.2. The quantitative estimate of drug-likeness (QED) is 0.564. The molecule has 0 atom stereocenters. The smallest absolute Gasteiger partial charge is 0.255 e. The van der Waals surface area contributed by atoms with E-state index in [-0.39, 0.29) is 17.9 Å². The molecule has 88 valence electrons. The Morgan fingerprint density at radius 1 is 1.44 bits per heavy atom. The van der Waals surface area contributed by atoms with Crippen molar-refractivity contribution in [3.8, 4) is 11.5 Å². The maximum Gasteiger partial charge on any atom is 0.255 e. The molecule has 1 aromatic carbocycles. The van der Waals surface area contributed by atoms with Gasteiger partial charge in [-0.2, -0.15) is 0 Å². The predicted octanol–water partition coefficient (Wildman–Crippen LogP) is 0.565. The minimum atomic E-state index is -0.526. The number of phenols is 2. The minimum Gasteiger partial charge on any atom is -0.504 e. The van der Waals surface area contributed by atoms with E-state index in [9.17, 15) is 15.0 Å². The third kappa shape index (κ3) is 3.13. The Kier molecular flexibility index (Phi) is 3.39. The second-order valence-electron chi connectivity index (χ2n) is 4.34. The number of hydrogen-bond acceptors (Lipinski definition) is 4. The molecule has 0 heterocycles. The summed E-state index contributed by atoms with van der Waals surface area (Å²) in [4.78, 5) is 11.6. The van der Waals surface area contributed by atoms with E-state index in [0.29, 0.717) is 0 Å². The molecular weight excluding hydrogens is 208 g/mol. The molecule has 0 bridgehead atoms. The molecule has 5 heteroatoms. The lowest BCUT2D eigenvalue weighted by Gasteiger charge is -2.19. The highest BCUT2D eigenvalue weighted by Crippen LogP contribution is 2.27. The van der Waals surface area contributed by atoms with Crippen LogP contribution in [0.25, 0.3) is 0 Å². The van der Waals surface area contributed by atoms with Gasteiger partial charge < -0.3 is 21.3 Å². The second kappa shape index (κ2) is 4.40. The van der Waals surface area contributed by atoms with Crippen LogP contribution >= 0.6 is 0 Å². The van der Waals surface area contributed by atoms with Gasteiger partial charge in [0, 0.05) is 12.1 Å². The second-order valence-corrected chi connectivity index (χ2v) is 4.34. The largest absolute Gasteiger partial charge is 0.504 e. The number of nitrogens with two attached hydrogens (primary N) is 1. The fourth-order valence-electron chi connectivity index (χ4n) is 1.12. The molecule has 0 aromatic heterocycles. The summed E-state index contributed by atoms with van der Waals surface area (Å²) in [6, 6.07) is 4.21. The van der Waals surface area contributed by atoms with E-state index in [1.807, 2.05) is 0 Å². The van der Waals surface area contributed by atoms with Crippen molar-refractivity contribution in [2.24, 2.45) is 5.73 Å². The van der Waals surface area contributed by atoms with Crippen molar-refractivity contribution in [1.29, 1.82) is 0 Å². The molecule has 1 aromatic rings. The Balaban J connectivity index is 2.78. The van der Waals surface area contributed by atoms with Crippen LogP contribution in [0.4, 0.5) is 0 Å². The number of carbonyl (C=O) groups is 1. The van der Waals surface area contributed by atoms with Gasteiger partial charge in [0.1, 0.15) is 0 Å². The van der Waals surface area contributed by atoms with E-state index in [2.05, 4.69) is 5.32 Å². The van der Waals surface area contributed by atoms with Crippen LogP contribution in [0, 0.1) is 0 Å². The summed E-state index contributed by atoms with van der Waals surface area (Å²) in [7, 11) is 0. The number of amides is 1. The molecule has 1 amide bonds. The standard InChI is InChI=1S/C11H16N2O3/c1-11(2,12)6-13-10(16)7-4-3-5-8(14)9(7)15/h3-5,14-15H,6,12H2,1-2H3,(H,13,16). The molecule has 0 spiro atoms. The van der Waals surface area contributed by atoms with Crippen LogP contribution in [-0.2, 0) is 0 Å². The molecule has 0 saturated carbocycles. The number of rotatable bonds is 3. The first-order valence-electron chi connectivity index (χ1n) is 4.89. The third-order valence-corrected chi connectivity index (χ3v) is 1.96. The lowest BCUT2D eigenvalue weighted by atomic mass is 10.1. The molecule has 0 aliphatic heterocycles. The zero-order valence-corrected chi connectivity index (χ0v) is 9.32. The summed E-state index contributed by atoms with van der Waals surface area (Å²) in [5.74, 6) is -1.21. The number of benzene rings is 1. The predicted molar refractivity (Wildman–Crippen MR) is 60.4 cm³/mol. The van der Waals surface area contributed by atoms with Gasteiger partial charge in [0.05, 0.1) is 5.56 Å². The van der Waals surface area contributed by atoms with E-state index in [0.717, 1.165) is 0 Å². The summed E-state index contributed by atoms with van der Waals surface area (Å²) in [5.41, 5.74) is 5.21. The summed E-state index contributed by atoms with van der Waals surface area (Å²) in [6.45, 7) is 3.83. The zero-order chi connectivity index (χ0) is 12.3. The fraction of sp³-hybridized carbons (Fsp3) is 0.364. The highest BCUT2D eigenvalue weighted by Gasteiger charge is 2.16. The highest BCUT2D eigenvalue weighted by molar-refractivity contribution is 5.97. The highest BCUT2D eigenvalue weighted by atomic mass is 16.3. The van der Waals surface area contributed by atoms with Crippen molar-refractivity contribution in [2.75, 3.05) is 6.54 Å². The van der Waals surface area contributed by atoms with Gasteiger partial charge in [0.2, 0.25) is 0 Å². The van der Waals surface area contributed by atoms with Gasteiger partial charge in [-0.15, -0.1) is 0 Å². The van der Waals surface area contributed by atoms with Gasteiger partial charge in [0.15, 0.2) is 11.5 Å². The average Bonchev–Trinajstić information content (AvgIpc) is 2.17. The number of aromatic hydroxyl groups is 2.